The Morgan fingerprint density at radius 1 is 1.25 bits per heavy atom. The molecule has 2 N–H and O–H groups in total. The summed E-state index contributed by atoms with van der Waals surface area (Å²) < 4.78 is 31.7. The van der Waals surface area contributed by atoms with Crippen molar-refractivity contribution in [3.63, 3.8) is 0 Å². The summed E-state index contributed by atoms with van der Waals surface area (Å²) in [6.07, 6.45) is 0. The molecular weight excluding hydrogens is 214 g/mol. The highest BCUT2D eigenvalue weighted by atomic mass is 19.1. The fourth-order valence-electron chi connectivity index (χ4n) is 1.37. The minimum absolute atomic E-state index is 0.0512. The number of nitrogens with two attached hydrogens (primary N) is 1. The van der Waals surface area contributed by atoms with Crippen LogP contribution in [0, 0.1) is 18.6 Å². The van der Waals surface area contributed by atoms with E-state index in [1.165, 1.54) is 13.0 Å². The van der Waals surface area contributed by atoms with Gasteiger partial charge in [-0.1, -0.05) is 5.16 Å². The predicted molar refractivity (Wildman–Crippen MR) is 54.5 cm³/mol. The average Bonchev–Trinajstić information content (AvgIpc) is 2.71. The third kappa shape index (κ3) is 1.81. The van der Waals surface area contributed by atoms with Crippen molar-refractivity contribution in [2.24, 2.45) is 5.73 Å². The summed E-state index contributed by atoms with van der Waals surface area (Å²) in [6, 6.07) is 3.70. The smallest absolute Gasteiger partial charge is 0.170 e. The van der Waals surface area contributed by atoms with Crippen LogP contribution in [0.2, 0.25) is 0 Å². The van der Waals surface area contributed by atoms with Gasteiger partial charge in [0.25, 0.3) is 0 Å². The lowest BCUT2D eigenvalue weighted by Gasteiger charge is -2.01. The summed E-state index contributed by atoms with van der Waals surface area (Å²) in [6.45, 7) is 1.69. The maximum atomic E-state index is 13.5. The molecule has 5 heteroatoms. The van der Waals surface area contributed by atoms with Gasteiger partial charge in [0.1, 0.15) is 11.6 Å². The number of aromatic nitrogens is 1. The van der Waals surface area contributed by atoms with Crippen molar-refractivity contribution in [3.8, 4) is 11.3 Å². The lowest BCUT2D eigenvalue weighted by molar-refractivity contribution is 0.421. The highest BCUT2D eigenvalue weighted by molar-refractivity contribution is 5.59. The number of benzene rings is 1. The van der Waals surface area contributed by atoms with Crippen LogP contribution in [0.5, 0.6) is 0 Å². The molecule has 0 amide bonds. The van der Waals surface area contributed by atoms with Crippen molar-refractivity contribution in [1.82, 2.24) is 5.16 Å². The van der Waals surface area contributed by atoms with Gasteiger partial charge in [0.2, 0.25) is 0 Å². The standard InChI is InChI=1S/C11H10F2N2O/c1-6-2-10(13)8(4-9(6)12)11-3-7(5-14)15-16-11/h2-4H,5,14H2,1H3. The van der Waals surface area contributed by atoms with Crippen molar-refractivity contribution >= 4 is 0 Å². The van der Waals surface area contributed by atoms with Crippen molar-refractivity contribution in [2.75, 3.05) is 0 Å². The van der Waals surface area contributed by atoms with Gasteiger partial charge in [-0.15, -0.1) is 0 Å². The predicted octanol–water partition coefficient (Wildman–Crippen LogP) is 2.39. The van der Waals surface area contributed by atoms with Gasteiger partial charge in [0, 0.05) is 12.6 Å². The normalized spacial score (nSPS) is 10.8. The van der Waals surface area contributed by atoms with Crippen LogP contribution in [0.15, 0.2) is 22.7 Å². The summed E-state index contributed by atoms with van der Waals surface area (Å²) in [5.41, 5.74) is 6.14. The second-order valence-corrected chi connectivity index (χ2v) is 3.47. The molecule has 2 rings (SSSR count). The van der Waals surface area contributed by atoms with Gasteiger partial charge < -0.3 is 10.3 Å². The lowest BCUT2D eigenvalue weighted by atomic mass is 10.1. The number of hydrogen-bond donors (Lipinski definition) is 1. The number of aryl methyl sites for hydroxylation is 1. The lowest BCUT2D eigenvalue weighted by Crippen LogP contribution is -1.95. The molecule has 0 aliphatic heterocycles. The number of rotatable bonds is 2. The summed E-state index contributed by atoms with van der Waals surface area (Å²) in [5.74, 6) is -0.849. The van der Waals surface area contributed by atoms with E-state index in [1.807, 2.05) is 0 Å². The van der Waals surface area contributed by atoms with Crippen molar-refractivity contribution in [2.45, 2.75) is 13.5 Å². The molecular formula is C11H10F2N2O. The van der Waals surface area contributed by atoms with Gasteiger partial charge in [-0.05, 0) is 24.6 Å². The molecule has 0 atom stereocenters. The number of halogens is 2. The minimum Gasteiger partial charge on any atom is -0.356 e. The van der Waals surface area contributed by atoms with Crippen molar-refractivity contribution in [3.05, 3.63) is 41.1 Å². The van der Waals surface area contributed by atoms with E-state index in [9.17, 15) is 8.78 Å². The zero-order valence-electron chi connectivity index (χ0n) is 8.63. The van der Waals surface area contributed by atoms with E-state index in [2.05, 4.69) is 5.16 Å². The zero-order valence-corrected chi connectivity index (χ0v) is 8.63. The van der Waals surface area contributed by atoms with Crippen LogP contribution < -0.4 is 5.73 Å². The topological polar surface area (TPSA) is 52.0 Å². The van der Waals surface area contributed by atoms with E-state index in [1.54, 1.807) is 0 Å². The SMILES string of the molecule is Cc1cc(F)c(-c2cc(CN)no2)cc1F. The van der Waals surface area contributed by atoms with E-state index in [4.69, 9.17) is 10.3 Å². The summed E-state index contributed by atoms with van der Waals surface area (Å²) in [7, 11) is 0. The number of nitrogens with zero attached hydrogens (tertiary/aromatic N) is 1. The van der Waals surface area contributed by atoms with E-state index in [0.29, 0.717) is 5.69 Å². The van der Waals surface area contributed by atoms with Gasteiger partial charge in [0.15, 0.2) is 5.76 Å². The molecule has 84 valence electrons. The summed E-state index contributed by atoms with van der Waals surface area (Å²) in [5, 5.41) is 3.62. The third-order valence-electron chi connectivity index (χ3n) is 2.28. The van der Waals surface area contributed by atoms with Gasteiger partial charge in [-0.3, -0.25) is 0 Å². The fraction of sp³-hybridized carbons (Fsp3) is 0.182. The maximum Gasteiger partial charge on any atom is 0.170 e. The first kappa shape index (κ1) is 10.8. The van der Waals surface area contributed by atoms with Crippen molar-refractivity contribution < 1.29 is 13.3 Å². The van der Waals surface area contributed by atoms with Crippen LogP contribution in [0.4, 0.5) is 8.78 Å². The molecule has 1 aromatic heterocycles. The Morgan fingerprint density at radius 2 is 2.00 bits per heavy atom. The summed E-state index contributed by atoms with van der Waals surface area (Å²) in [4.78, 5) is 0. The first-order valence-electron chi connectivity index (χ1n) is 4.73. The Balaban J connectivity index is 2.51. The molecule has 0 fully saturated rings. The second-order valence-electron chi connectivity index (χ2n) is 3.47. The number of hydrogen-bond acceptors (Lipinski definition) is 3. The zero-order chi connectivity index (χ0) is 11.7. The van der Waals surface area contributed by atoms with Crippen LogP contribution in [-0.4, -0.2) is 5.16 Å². The van der Waals surface area contributed by atoms with E-state index >= 15 is 0 Å². The quantitative estimate of drug-likeness (QED) is 0.852. The van der Waals surface area contributed by atoms with Gasteiger partial charge in [-0.25, -0.2) is 8.78 Å². The molecule has 3 nitrogen and oxygen atoms in total. The molecule has 16 heavy (non-hydrogen) atoms. The molecule has 1 heterocycles. The first-order chi connectivity index (χ1) is 7.61. The monoisotopic (exact) mass is 224 g/mol. The molecule has 2 aromatic rings. The van der Waals surface area contributed by atoms with Crippen LogP contribution in [0.25, 0.3) is 11.3 Å². The highest BCUT2D eigenvalue weighted by Gasteiger charge is 2.13. The van der Waals surface area contributed by atoms with E-state index in [0.717, 1.165) is 12.1 Å². The first-order valence-corrected chi connectivity index (χ1v) is 4.73. The molecule has 0 unspecified atom stereocenters. The van der Waals surface area contributed by atoms with E-state index in [-0.39, 0.29) is 23.4 Å². The highest BCUT2D eigenvalue weighted by Crippen LogP contribution is 2.25. The Labute approximate surface area is 90.9 Å². The van der Waals surface area contributed by atoms with Crippen LogP contribution in [0.3, 0.4) is 0 Å². The fourth-order valence-corrected chi connectivity index (χ4v) is 1.37. The third-order valence-corrected chi connectivity index (χ3v) is 2.28. The van der Waals surface area contributed by atoms with Gasteiger partial charge in [0.05, 0.1) is 11.3 Å². The van der Waals surface area contributed by atoms with E-state index < -0.39 is 11.6 Å². The van der Waals surface area contributed by atoms with Crippen LogP contribution in [-0.2, 0) is 6.54 Å². The molecule has 0 saturated heterocycles. The molecule has 0 aliphatic carbocycles. The van der Waals surface area contributed by atoms with Crippen LogP contribution in [0.1, 0.15) is 11.3 Å². The Hall–Kier alpha value is -1.75. The van der Waals surface area contributed by atoms with Gasteiger partial charge >= 0.3 is 0 Å². The molecule has 1 aromatic carbocycles. The Kier molecular flexibility index (Phi) is 2.70. The molecule has 0 aliphatic rings. The molecule has 0 saturated carbocycles. The largest absolute Gasteiger partial charge is 0.356 e. The Morgan fingerprint density at radius 3 is 2.62 bits per heavy atom. The van der Waals surface area contributed by atoms with Gasteiger partial charge in [-0.2, -0.15) is 0 Å². The Bertz CT molecular complexity index is 523. The van der Waals surface area contributed by atoms with Crippen molar-refractivity contribution in [1.29, 1.82) is 0 Å². The molecule has 0 bridgehead atoms. The maximum absolute atomic E-state index is 13.5. The summed E-state index contributed by atoms with van der Waals surface area (Å²) >= 11 is 0. The second kappa shape index (κ2) is 4.02. The average molecular weight is 224 g/mol. The molecule has 0 radical (unpaired) electrons. The van der Waals surface area contributed by atoms with Crippen LogP contribution >= 0.6 is 0 Å². The molecule has 0 spiro atoms. The minimum atomic E-state index is -0.543.